The predicted molar refractivity (Wildman–Crippen MR) is 128 cm³/mol. The molecule has 2 saturated carbocycles. The average Bonchev–Trinajstić information content (AvgIpc) is 3.34. The van der Waals surface area contributed by atoms with Crippen LogP contribution < -0.4 is 0 Å². The highest BCUT2D eigenvalue weighted by Crippen LogP contribution is 2.71. The highest BCUT2D eigenvalue weighted by atomic mass is 16.7. The number of nitrogens with zero attached hydrogens (tertiary/aromatic N) is 1. The minimum absolute atomic E-state index is 0.0179. The van der Waals surface area contributed by atoms with Crippen molar-refractivity contribution in [2.75, 3.05) is 13.7 Å². The number of aliphatic hydroxyl groups is 2. The smallest absolute Gasteiger partial charge is 0.343 e. The molecule has 1 spiro atoms. The molecule has 2 fully saturated rings. The molecule has 7 nitrogen and oxygen atoms in total. The third kappa shape index (κ3) is 3.19. The average molecular weight is 472 g/mol. The Morgan fingerprint density at radius 3 is 2.62 bits per heavy atom. The van der Waals surface area contributed by atoms with Crippen molar-refractivity contribution in [1.82, 2.24) is 0 Å². The highest BCUT2D eigenvalue weighted by molar-refractivity contribution is 6.10. The van der Waals surface area contributed by atoms with Crippen LogP contribution in [0.2, 0.25) is 0 Å². The number of esters is 1. The summed E-state index contributed by atoms with van der Waals surface area (Å²) >= 11 is 0. The number of ketones is 1. The summed E-state index contributed by atoms with van der Waals surface area (Å²) in [5, 5.41) is 22.0. The van der Waals surface area contributed by atoms with Gasteiger partial charge in [0.05, 0.1) is 17.9 Å². The Labute approximate surface area is 201 Å². The largest absolute Gasteiger partial charge is 0.453 e. The van der Waals surface area contributed by atoms with Crippen LogP contribution in [-0.4, -0.2) is 53.7 Å². The molecule has 7 heteroatoms. The van der Waals surface area contributed by atoms with Crippen molar-refractivity contribution >= 4 is 18.0 Å². The summed E-state index contributed by atoms with van der Waals surface area (Å²) in [6.07, 6.45) is 4.54. The molecule has 0 aromatic carbocycles. The van der Waals surface area contributed by atoms with Gasteiger partial charge in [-0.25, -0.2) is 4.79 Å². The first-order valence-corrected chi connectivity index (χ1v) is 12.1. The lowest BCUT2D eigenvalue weighted by atomic mass is 9.59. The molecule has 34 heavy (non-hydrogen) atoms. The summed E-state index contributed by atoms with van der Waals surface area (Å²) < 4.78 is 12.4. The molecule has 7 atom stereocenters. The normalized spacial score (nSPS) is 40.0. The van der Waals surface area contributed by atoms with E-state index >= 15 is 0 Å². The number of Topliss-reactive ketones (excluding diaryl/α,β-unsaturated/α-hetero) is 1. The fourth-order valence-corrected chi connectivity index (χ4v) is 6.93. The minimum atomic E-state index is -1.99. The number of rotatable bonds is 4. The molecule has 0 aromatic heterocycles. The van der Waals surface area contributed by atoms with Crippen LogP contribution in [-0.2, 0) is 19.1 Å². The van der Waals surface area contributed by atoms with Crippen LogP contribution in [0.15, 0.2) is 39.6 Å². The molecule has 0 aromatic rings. The maximum atomic E-state index is 14.5. The molecule has 4 rings (SSSR count). The van der Waals surface area contributed by atoms with E-state index in [2.05, 4.69) is 18.8 Å². The number of aliphatic hydroxyl groups excluding tert-OH is 2. The van der Waals surface area contributed by atoms with E-state index in [0.29, 0.717) is 17.3 Å². The Bertz CT molecular complexity index is 1030. The molecule has 1 heterocycles. The fourth-order valence-electron chi connectivity index (χ4n) is 6.93. The Kier molecular flexibility index (Phi) is 5.97. The highest BCUT2D eigenvalue weighted by Gasteiger charge is 2.76. The van der Waals surface area contributed by atoms with Crippen LogP contribution in [0.4, 0.5) is 0 Å². The van der Waals surface area contributed by atoms with Gasteiger partial charge in [-0.2, -0.15) is 0 Å². The summed E-state index contributed by atoms with van der Waals surface area (Å²) in [6, 6.07) is 0. The molecule has 2 N–H and O–H groups in total. The van der Waals surface area contributed by atoms with Gasteiger partial charge in [0.25, 0.3) is 5.79 Å². The molecule has 1 aliphatic heterocycles. The third-order valence-corrected chi connectivity index (χ3v) is 8.91. The van der Waals surface area contributed by atoms with E-state index in [9.17, 15) is 19.8 Å². The minimum Gasteiger partial charge on any atom is -0.453 e. The van der Waals surface area contributed by atoms with E-state index in [1.807, 2.05) is 13.0 Å². The van der Waals surface area contributed by atoms with E-state index in [1.54, 1.807) is 33.9 Å². The lowest BCUT2D eigenvalue weighted by Gasteiger charge is -2.54. The maximum absolute atomic E-state index is 14.5. The van der Waals surface area contributed by atoms with Crippen LogP contribution in [0.3, 0.4) is 0 Å². The molecular weight excluding hydrogens is 434 g/mol. The zero-order valence-electron chi connectivity index (χ0n) is 21.2. The maximum Gasteiger partial charge on any atom is 0.343 e. The number of hydrogen-bond acceptors (Lipinski definition) is 7. The Hall–Kier alpha value is -2.25. The number of carbonyl (C=O) groups is 2. The van der Waals surface area contributed by atoms with Gasteiger partial charge < -0.3 is 19.7 Å². The fraction of sp³-hybridized carbons (Fsp3) is 0.667. The van der Waals surface area contributed by atoms with Crippen molar-refractivity contribution in [3.8, 4) is 0 Å². The summed E-state index contributed by atoms with van der Waals surface area (Å²) in [4.78, 5) is 32.0. The van der Waals surface area contributed by atoms with Gasteiger partial charge in [-0.15, -0.1) is 0 Å². The van der Waals surface area contributed by atoms with Crippen molar-refractivity contribution in [1.29, 1.82) is 0 Å². The zero-order chi connectivity index (χ0) is 25.2. The van der Waals surface area contributed by atoms with Crippen molar-refractivity contribution in [2.24, 2.45) is 39.5 Å². The molecule has 0 amide bonds. The Morgan fingerprint density at radius 1 is 1.35 bits per heavy atom. The summed E-state index contributed by atoms with van der Waals surface area (Å²) in [7, 11) is 1.56. The van der Waals surface area contributed by atoms with E-state index in [1.165, 1.54) is 6.21 Å². The van der Waals surface area contributed by atoms with Gasteiger partial charge in [0, 0.05) is 19.2 Å². The first-order valence-electron chi connectivity index (χ1n) is 12.1. The van der Waals surface area contributed by atoms with Gasteiger partial charge in [0.2, 0.25) is 0 Å². The number of carbonyl (C=O) groups excluding carboxylic acids is 2. The van der Waals surface area contributed by atoms with Crippen LogP contribution >= 0.6 is 0 Å². The van der Waals surface area contributed by atoms with Gasteiger partial charge in [-0.05, 0) is 68.4 Å². The zero-order valence-corrected chi connectivity index (χ0v) is 21.2. The number of ether oxygens (including phenoxy) is 2. The van der Waals surface area contributed by atoms with Gasteiger partial charge in [0.1, 0.15) is 5.41 Å². The second-order valence-corrected chi connectivity index (χ2v) is 11.2. The van der Waals surface area contributed by atoms with E-state index < -0.39 is 35.8 Å². The first kappa shape index (κ1) is 24.9. The van der Waals surface area contributed by atoms with Crippen LogP contribution in [0, 0.1) is 34.5 Å². The lowest BCUT2D eigenvalue weighted by molar-refractivity contribution is -0.307. The topological polar surface area (TPSA) is 105 Å². The number of fused-ring (bicyclic) bond motifs is 3. The number of hydrogen-bond donors (Lipinski definition) is 2. The molecule has 186 valence electrons. The van der Waals surface area contributed by atoms with Crippen LogP contribution in [0.5, 0.6) is 0 Å². The molecule has 3 aliphatic carbocycles. The monoisotopic (exact) mass is 471 g/mol. The standard InChI is InChI=1S/C27H37NO6/c1-14(2)19(12-28-7)24(32)34-27-22(30)17(13-29)11-18-21-20(25(21,5)6)10-15(3)26(27,23(18)31)9-8-16(4)33-27/h8,11-12,15,18,20-22,29-30H,9-10,13H2,1-7H3/t15-,18?,20?,21?,22?,26?,27?/m1/s1. The third-order valence-electron chi connectivity index (χ3n) is 8.91. The summed E-state index contributed by atoms with van der Waals surface area (Å²) in [6.45, 7) is 11.1. The van der Waals surface area contributed by atoms with Gasteiger partial charge in [-0.3, -0.25) is 9.79 Å². The van der Waals surface area contributed by atoms with Crippen molar-refractivity contribution in [3.63, 3.8) is 0 Å². The van der Waals surface area contributed by atoms with Gasteiger partial charge in [-0.1, -0.05) is 32.4 Å². The molecule has 0 saturated heterocycles. The quantitative estimate of drug-likeness (QED) is 0.282. The lowest BCUT2D eigenvalue weighted by Crippen LogP contribution is -2.67. The van der Waals surface area contributed by atoms with E-state index in [4.69, 9.17) is 9.47 Å². The summed E-state index contributed by atoms with van der Waals surface area (Å²) in [5.41, 5.74) is -0.134. The Balaban J connectivity index is 1.96. The molecule has 2 bridgehead atoms. The van der Waals surface area contributed by atoms with E-state index in [-0.39, 0.29) is 40.6 Å². The second kappa shape index (κ2) is 8.16. The first-order chi connectivity index (χ1) is 15.9. The summed E-state index contributed by atoms with van der Waals surface area (Å²) in [5.74, 6) is -2.62. The SMILES string of the molecule is CN=CC(C(=O)OC12OC(C)=CCC13C(=O)C(C=C(CO)C2O)C1C(C[C@H]3C)C1(C)C)=C(C)C. The Morgan fingerprint density at radius 2 is 2.03 bits per heavy atom. The van der Waals surface area contributed by atoms with Crippen molar-refractivity contribution < 1.29 is 29.3 Å². The van der Waals surface area contributed by atoms with Crippen molar-refractivity contribution in [2.45, 2.75) is 66.3 Å². The van der Waals surface area contributed by atoms with Crippen LogP contribution in [0.25, 0.3) is 0 Å². The molecule has 6 unspecified atom stereocenters. The number of allylic oxidation sites excluding steroid dienone is 4. The molecule has 0 radical (unpaired) electrons. The number of aliphatic imine (C=N–C) groups is 1. The van der Waals surface area contributed by atoms with Gasteiger partial charge >= 0.3 is 5.97 Å². The predicted octanol–water partition coefficient (Wildman–Crippen LogP) is 3.36. The van der Waals surface area contributed by atoms with E-state index in [0.717, 1.165) is 6.42 Å². The van der Waals surface area contributed by atoms with Crippen LogP contribution in [0.1, 0.15) is 54.4 Å². The second-order valence-electron chi connectivity index (χ2n) is 11.2. The van der Waals surface area contributed by atoms with Crippen molar-refractivity contribution in [3.05, 3.63) is 34.6 Å². The molecule has 4 aliphatic rings. The molecular formula is C27H37NO6. The van der Waals surface area contributed by atoms with Gasteiger partial charge in [0.15, 0.2) is 11.9 Å².